The third kappa shape index (κ3) is 2.98. The zero-order valence-corrected chi connectivity index (χ0v) is 9.93. The number of hydrogen-bond donors (Lipinski definition) is 0. The molecule has 0 aromatic carbocycles. The van der Waals surface area contributed by atoms with Crippen molar-refractivity contribution in [2.75, 3.05) is 13.1 Å². The van der Waals surface area contributed by atoms with Gasteiger partial charge < -0.3 is 4.90 Å². The van der Waals surface area contributed by atoms with Crippen LogP contribution >= 0.6 is 0 Å². The molecule has 1 aliphatic heterocycles. The van der Waals surface area contributed by atoms with E-state index in [-0.39, 0.29) is 0 Å². The topological polar surface area (TPSA) is 3.24 Å². The van der Waals surface area contributed by atoms with Crippen molar-refractivity contribution < 1.29 is 0 Å². The highest BCUT2D eigenvalue weighted by Crippen LogP contribution is 2.36. The number of hydrogen-bond acceptors (Lipinski definition) is 1. The van der Waals surface area contributed by atoms with Crippen LogP contribution in [-0.4, -0.2) is 24.0 Å². The van der Waals surface area contributed by atoms with Crippen LogP contribution < -0.4 is 0 Å². The van der Waals surface area contributed by atoms with E-state index in [1.165, 1.54) is 25.9 Å². The van der Waals surface area contributed by atoms with E-state index in [4.69, 9.17) is 0 Å². The second-order valence-electron chi connectivity index (χ2n) is 5.72. The SMILES string of the molecule is CC(C)CC1(C)CCN(C(C)C)C1. The molecule has 0 aliphatic carbocycles. The van der Waals surface area contributed by atoms with E-state index in [1.807, 2.05) is 0 Å². The standard InChI is InChI=1S/C12H25N/c1-10(2)8-12(5)6-7-13(9-12)11(3)4/h10-11H,6-9H2,1-5H3. The molecule has 13 heavy (non-hydrogen) atoms. The van der Waals surface area contributed by atoms with Gasteiger partial charge in [-0.3, -0.25) is 0 Å². The summed E-state index contributed by atoms with van der Waals surface area (Å²) in [5.74, 6) is 0.845. The molecule has 1 heteroatoms. The minimum Gasteiger partial charge on any atom is -0.300 e. The fourth-order valence-electron chi connectivity index (χ4n) is 2.65. The summed E-state index contributed by atoms with van der Waals surface area (Å²) in [6.45, 7) is 14.4. The van der Waals surface area contributed by atoms with Crippen molar-refractivity contribution >= 4 is 0 Å². The molecule has 0 saturated carbocycles. The maximum Gasteiger partial charge on any atom is 0.00388 e. The van der Waals surface area contributed by atoms with Crippen LogP contribution in [0.2, 0.25) is 0 Å². The summed E-state index contributed by atoms with van der Waals surface area (Å²) >= 11 is 0. The van der Waals surface area contributed by atoms with Crippen molar-refractivity contribution in [1.82, 2.24) is 4.90 Å². The molecule has 0 amide bonds. The van der Waals surface area contributed by atoms with E-state index in [1.54, 1.807) is 0 Å². The highest BCUT2D eigenvalue weighted by Gasteiger charge is 2.34. The van der Waals surface area contributed by atoms with Crippen molar-refractivity contribution in [3.8, 4) is 0 Å². The first kappa shape index (κ1) is 11.0. The van der Waals surface area contributed by atoms with Gasteiger partial charge in [0.05, 0.1) is 0 Å². The minimum absolute atomic E-state index is 0.596. The zero-order chi connectivity index (χ0) is 10.1. The van der Waals surface area contributed by atoms with Crippen LogP contribution in [0.5, 0.6) is 0 Å². The van der Waals surface area contributed by atoms with E-state index < -0.39 is 0 Å². The lowest BCUT2D eigenvalue weighted by molar-refractivity contribution is 0.211. The first-order chi connectivity index (χ1) is 5.93. The van der Waals surface area contributed by atoms with Gasteiger partial charge in [0.1, 0.15) is 0 Å². The molecule has 78 valence electrons. The predicted molar refractivity (Wildman–Crippen MR) is 58.9 cm³/mol. The average Bonchev–Trinajstić information content (AvgIpc) is 2.29. The van der Waals surface area contributed by atoms with E-state index in [0.29, 0.717) is 5.41 Å². The summed E-state index contributed by atoms with van der Waals surface area (Å²) in [7, 11) is 0. The molecule has 0 aromatic heterocycles. The largest absolute Gasteiger partial charge is 0.300 e. The Morgan fingerprint density at radius 3 is 2.23 bits per heavy atom. The molecule has 1 atom stereocenters. The van der Waals surface area contributed by atoms with Crippen LogP contribution in [0.1, 0.15) is 47.5 Å². The predicted octanol–water partition coefficient (Wildman–Crippen LogP) is 3.15. The maximum absolute atomic E-state index is 2.61. The molecule has 0 N–H and O–H groups in total. The summed E-state index contributed by atoms with van der Waals surface area (Å²) < 4.78 is 0. The van der Waals surface area contributed by atoms with Gasteiger partial charge >= 0.3 is 0 Å². The molecular weight excluding hydrogens is 158 g/mol. The van der Waals surface area contributed by atoms with Crippen LogP contribution in [0.4, 0.5) is 0 Å². The normalized spacial score (nSPS) is 30.7. The van der Waals surface area contributed by atoms with E-state index in [9.17, 15) is 0 Å². The Bertz CT molecular complexity index is 163. The lowest BCUT2D eigenvalue weighted by Crippen LogP contribution is -2.31. The lowest BCUT2D eigenvalue weighted by atomic mass is 9.81. The van der Waals surface area contributed by atoms with Gasteiger partial charge in [-0.15, -0.1) is 0 Å². The van der Waals surface area contributed by atoms with Gasteiger partial charge in [0, 0.05) is 12.6 Å². The molecule has 1 heterocycles. The van der Waals surface area contributed by atoms with Crippen molar-refractivity contribution in [2.45, 2.75) is 53.5 Å². The molecule has 0 bridgehead atoms. The summed E-state index contributed by atoms with van der Waals surface area (Å²) in [4.78, 5) is 2.61. The highest BCUT2D eigenvalue weighted by atomic mass is 15.2. The van der Waals surface area contributed by atoms with Crippen LogP contribution in [0.15, 0.2) is 0 Å². The summed E-state index contributed by atoms with van der Waals surface area (Å²) in [6, 6.07) is 0.731. The van der Waals surface area contributed by atoms with Crippen molar-refractivity contribution in [1.29, 1.82) is 0 Å². The quantitative estimate of drug-likeness (QED) is 0.649. The summed E-state index contributed by atoms with van der Waals surface area (Å²) in [5, 5.41) is 0. The second-order valence-corrected chi connectivity index (χ2v) is 5.72. The summed E-state index contributed by atoms with van der Waals surface area (Å²) in [6.07, 6.45) is 2.78. The molecule has 1 saturated heterocycles. The number of likely N-dealkylation sites (tertiary alicyclic amines) is 1. The highest BCUT2D eigenvalue weighted by molar-refractivity contribution is 4.88. The second kappa shape index (κ2) is 4.00. The lowest BCUT2D eigenvalue weighted by Gasteiger charge is -2.28. The van der Waals surface area contributed by atoms with Gasteiger partial charge in [0.2, 0.25) is 0 Å². The van der Waals surface area contributed by atoms with Gasteiger partial charge in [-0.05, 0) is 44.6 Å². The molecule has 1 nitrogen and oxygen atoms in total. The Kier molecular flexibility index (Phi) is 3.39. The summed E-state index contributed by atoms with van der Waals surface area (Å²) in [5.41, 5.74) is 0.596. The zero-order valence-electron chi connectivity index (χ0n) is 9.93. The smallest absolute Gasteiger partial charge is 0.00388 e. The van der Waals surface area contributed by atoms with Gasteiger partial charge in [-0.2, -0.15) is 0 Å². The molecule has 0 spiro atoms. The minimum atomic E-state index is 0.596. The molecule has 1 aliphatic rings. The molecule has 1 rings (SSSR count). The Morgan fingerprint density at radius 2 is 1.85 bits per heavy atom. The van der Waals surface area contributed by atoms with Gasteiger partial charge in [0.25, 0.3) is 0 Å². The Hall–Kier alpha value is -0.0400. The molecular formula is C12H25N. The van der Waals surface area contributed by atoms with Crippen LogP contribution in [0.3, 0.4) is 0 Å². The van der Waals surface area contributed by atoms with Gasteiger partial charge in [0.15, 0.2) is 0 Å². The molecule has 1 unspecified atom stereocenters. The van der Waals surface area contributed by atoms with Crippen molar-refractivity contribution in [2.24, 2.45) is 11.3 Å². The van der Waals surface area contributed by atoms with Gasteiger partial charge in [-0.25, -0.2) is 0 Å². The Morgan fingerprint density at radius 1 is 1.23 bits per heavy atom. The van der Waals surface area contributed by atoms with E-state index in [2.05, 4.69) is 39.5 Å². The Balaban J connectivity index is 2.46. The van der Waals surface area contributed by atoms with Crippen LogP contribution in [0.25, 0.3) is 0 Å². The number of nitrogens with zero attached hydrogens (tertiary/aromatic N) is 1. The fraction of sp³-hybridized carbons (Fsp3) is 1.00. The fourth-order valence-corrected chi connectivity index (χ4v) is 2.65. The molecule has 1 fully saturated rings. The maximum atomic E-state index is 2.61. The first-order valence-corrected chi connectivity index (χ1v) is 5.67. The third-order valence-corrected chi connectivity index (χ3v) is 3.22. The van der Waals surface area contributed by atoms with E-state index >= 15 is 0 Å². The Labute approximate surface area is 83.5 Å². The van der Waals surface area contributed by atoms with Crippen LogP contribution in [-0.2, 0) is 0 Å². The molecule has 0 aromatic rings. The molecule has 0 radical (unpaired) electrons. The third-order valence-electron chi connectivity index (χ3n) is 3.22. The first-order valence-electron chi connectivity index (χ1n) is 5.67. The monoisotopic (exact) mass is 183 g/mol. The average molecular weight is 183 g/mol. The van der Waals surface area contributed by atoms with Gasteiger partial charge in [-0.1, -0.05) is 20.8 Å². The van der Waals surface area contributed by atoms with E-state index in [0.717, 1.165) is 12.0 Å². The van der Waals surface area contributed by atoms with Crippen molar-refractivity contribution in [3.63, 3.8) is 0 Å². The van der Waals surface area contributed by atoms with Crippen LogP contribution in [0, 0.1) is 11.3 Å². The van der Waals surface area contributed by atoms with Crippen molar-refractivity contribution in [3.05, 3.63) is 0 Å². The number of rotatable bonds is 3.